The molecule has 3 N–H and O–H groups in total. The summed E-state index contributed by atoms with van der Waals surface area (Å²) in [6, 6.07) is -0.116. The van der Waals surface area contributed by atoms with Gasteiger partial charge in [0.05, 0.1) is 5.69 Å². The van der Waals surface area contributed by atoms with Crippen molar-refractivity contribution in [2.24, 2.45) is 5.73 Å². The van der Waals surface area contributed by atoms with Crippen LogP contribution in [0.15, 0.2) is 0 Å². The van der Waals surface area contributed by atoms with Gasteiger partial charge in [0.25, 0.3) is 0 Å². The van der Waals surface area contributed by atoms with E-state index in [4.69, 9.17) is 5.73 Å². The Morgan fingerprint density at radius 3 is 2.85 bits per heavy atom. The Kier molecular flexibility index (Phi) is 8.62. The first-order valence-corrected chi connectivity index (χ1v) is 7.16. The molecule has 1 aromatic rings. The Balaban J connectivity index is 0.00000180. The maximum absolute atomic E-state index is 11.6. The lowest BCUT2D eigenvalue weighted by molar-refractivity contribution is -0.116. The van der Waals surface area contributed by atoms with Crippen LogP contribution >= 0.6 is 36.2 Å². The maximum Gasteiger partial charge on any atom is 0.227 e. The second-order valence-electron chi connectivity index (χ2n) is 4.74. The predicted octanol–water partition coefficient (Wildman–Crippen LogP) is 2.04. The topological polar surface area (TPSA) is 71.2 Å². The van der Waals surface area contributed by atoms with Crippen LogP contribution in [-0.4, -0.2) is 34.9 Å². The van der Waals surface area contributed by atoms with Crippen LogP contribution in [0.5, 0.6) is 0 Å². The Morgan fingerprint density at radius 2 is 2.25 bits per heavy atom. The molecular formula is C12H22Cl2N4OS. The van der Waals surface area contributed by atoms with E-state index in [0.717, 1.165) is 31.7 Å². The third-order valence-corrected chi connectivity index (χ3v) is 4.01. The summed E-state index contributed by atoms with van der Waals surface area (Å²) in [6.45, 7) is 7.06. The number of nitrogens with zero attached hydrogens (tertiary/aromatic N) is 2. The monoisotopic (exact) mass is 340 g/mol. The maximum atomic E-state index is 11.6. The normalized spacial score (nSPS) is 15.6. The van der Waals surface area contributed by atoms with Crippen LogP contribution < -0.4 is 11.1 Å². The number of aromatic nitrogens is 1. The van der Waals surface area contributed by atoms with Gasteiger partial charge < -0.3 is 11.1 Å². The van der Waals surface area contributed by atoms with E-state index < -0.39 is 0 Å². The number of hydrogen-bond donors (Lipinski definition) is 2. The number of hydrogen-bond acceptors (Lipinski definition) is 5. The first-order chi connectivity index (χ1) is 8.58. The van der Waals surface area contributed by atoms with Crippen LogP contribution in [0.2, 0.25) is 0 Å². The van der Waals surface area contributed by atoms with E-state index >= 15 is 0 Å². The average Bonchev–Trinajstić information content (AvgIpc) is 2.68. The van der Waals surface area contributed by atoms with Crippen molar-refractivity contribution in [3.05, 3.63) is 10.6 Å². The third kappa shape index (κ3) is 5.18. The molecule has 2 heterocycles. The first-order valence-electron chi connectivity index (χ1n) is 6.34. The van der Waals surface area contributed by atoms with E-state index in [2.05, 4.69) is 22.1 Å². The van der Waals surface area contributed by atoms with Crippen LogP contribution in [-0.2, 0) is 17.8 Å². The molecule has 116 valence electrons. The number of rotatable bonds is 4. The van der Waals surface area contributed by atoms with Crippen molar-refractivity contribution >= 4 is 47.2 Å². The summed E-state index contributed by atoms with van der Waals surface area (Å²) in [5.41, 5.74) is 6.74. The molecule has 1 unspecified atom stereocenters. The van der Waals surface area contributed by atoms with Gasteiger partial charge in [-0.05, 0) is 13.5 Å². The standard InChI is InChI=1S/C12H20N4OS.2ClH/c1-3-16-5-4-9-10(7-16)18-12(14-9)15-11(17)6-8(2)13;;/h8H,3-7,13H2,1-2H3,(H,14,15,17);2*1H. The molecule has 1 atom stereocenters. The quantitative estimate of drug-likeness (QED) is 0.879. The zero-order valence-electron chi connectivity index (χ0n) is 11.7. The fourth-order valence-corrected chi connectivity index (χ4v) is 3.10. The summed E-state index contributed by atoms with van der Waals surface area (Å²) in [7, 11) is 0. The van der Waals surface area contributed by atoms with Gasteiger partial charge in [-0.3, -0.25) is 9.69 Å². The predicted molar refractivity (Wildman–Crippen MR) is 88.2 cm³/mol. The summed E-state index contributed by atoms with van der Waals surface area (Å²) in [5, 5.41) is 3.54. The number of nitrogens with two attached hydrogens (primary N) is 1. The average molecular weight is 341 g/mol. The van der Waals surface area contributed by atoms with E-state index in [1.807, 2.05) is 6.92 Å². The minimum absolute atomic E-state index is 0. The van der Waals surface area contributed by atoms with Gasteiger partial charge in [0.1, 0.15) is 0 Å². The summed E-state index contributed by atoms with van der Waals surface area (Å²) in [6.07, 6.45) is 1.31. The number of fused-ring (bicyclic) bond motifs is 1. The smallest absolute Gasteiger partial charge is 0.227 e. The van der Waals surface area contributed by atoms with Gasteiger partial charge in [-0.2, -0.15) is 0 Å². The van der Waals surface area contributed by atoms with E-state index in [0.29, 0.717) is 11.6 Å². The summed E-state index contributed by atoms with van der Waals surface area (Å²) in [5.74, 6) is -0.0524. The van der Waals surface area contributed by atoms with E-state index in [9.17, 15) is 4.79 Å². The number of nitrogens with one attached hydrogen (secondary N) is 1. The highest BCUT2D eigenvalue weighted by Crippen LogP contribution is 2.28. The van der Waals surface area contributed by atoms with Crippen LogP contribution in [0.3, 0.4) is 0 Å². The van der Waals surface area contributed by atoms with Crippen molar-refractivity contribution in [3.8, 4) is 0 Å². The first kappa shape index (κ1) is 19.6. The molecule has 0 saturated carbocycles. The van der Waals surface area contributed by atoms with Gasteiger partial charge in [-0.25, -0.2) is 4.98 Å². The fourth-order valence-electron chi connectivity index (χ4n) is 2.03. The van der Waals surface area contributed by atoms with Gasteiger partial charge in [0.15, 0.2) is 5.13 Å². The fraction of sp³-hybridized carbons (Fsp3) is 0.667. The van der Waals surface area contributed by atoms with Crippen LogP contribution in [0.4, 0.5) is 5.13 Å². The van der Waals surface area contributed by atoms with Gasteiger partial charge >= 0.3 is 0 Å². The second-order valence-corrected chi connectivity index (χ2v) is 5.82. The number of likely N-dealkylation sites (N-methyl/N-ethyl adjacent to an activating group) is 1. The highest BCUT2D eigenvalue weighted by atomic mass is 35.5. The lowest BCUT2D eigenvalue weighted by Crippen LogP contribution is -2.29. The van der Waals surface area contributed by atoms with Crippen molar-refractivity contribution in [1.82, 2.24) is 9.88 Å². The Hall–Kier alpha value is -0.400. The minimum atomic E-state index is -0.116. The summed E-state index contributed by atoms with van der Waals surface area (Å²) >= 11 is 1.58. The highest BCUT2D eigenvalue weighted by Gasteiger charge is 2.20. The molecule has 20 heavy (non-hydrogen) atoms. The molecule has 1 amide bonds. The zero-order chi connectivity index (χ0) is 13.1. The van der Waals surface area contributed by atoms with E-state index in [1.165, 1.54) is 4.88 Å². The lowest BCUT2D eigenvalue weighted by atomic mass is 10.2. The second kappa shape index (κ2) is 8.79. The van der Waals surface area contributed by atoms with Crippen molar-refractivity contribution in [3.63, 3.8) is 0 Å². The molecule has 0 aliphatic carbocycles. The van der Waals surface area contributed by atoms with Gasteiger partial charge in [-0.15, -0.1) is 36.2 Å². The molecule has 1 aliphatic heterocycles. The third-order valence-electron chi connectivity index (χ3n) is 3.01. The molecular weight excluding hydrogens is 319 g/mol. The Labute approximate surface area is 136 Å². The number of halogens is 2. The molecule has 2 rings (SSSR count). The van der Waals surface area contributed by atoms with Crippen molar-refractivity contribution < 1.29 is 4.79 Å². The zero-order valence-corrected chi connectivity index (χ0v) is 14.2. The van der Waals surface area contributed by atoms with Gasteiger partial charge in [0, 0.05) is 36.9 Å². The summed E-state index contributed by atoms with van der Waals surface area (Å²) < 4.78 is 0. The molecule has 1 aromatic heterocycles. The molecule has 0 bridgehead atoms. The highest BCUT2D eigenvalue weighted by molar-refractivity contribution is 7.15. The van der Waals surface area contributed by atoms with Crippen molar-refractivity contribution in [2.75, 3.05) is 18.4 Å². The Bertz CT molecular complexity index is 439. The van der Waals surface area contributed by atoms with Crippen molar-refractivity contribution in [2.45, 2.75) is 39.3 Å². The van der Waals surface area contributed by atoms with E-state index in [1.54, 1.807) is 11.3 Å². The molecule has 0 radical (unpaired) electrons. The Morgan fingerprint density at radius 1 is 1.55 bits per heavy atom. The number of carbonyl (C=O) groups excluding carboxylic acids is 1. The number of anilines is 1. The molecule has 0 saturated heterocycles. The van der Waals surface area contributed by atoms with Crippen LogP contribution in [0, 0.1) is 0 Å². The number of thiazole rings is 1. The number of carbonyl (C=O) groups is 1. The van der Waals surface area contributed by atoms with Crippen LogP contribution in [0.25, 0.3) is 0 Å². The number of amides is 1. The van der Waals surface area contributed by atoms with Crippen molar-refractivity contribution in [1.29, 1.82) is 0 Å². The van der Waals surface area contributed by atoms with Gasteiger partial charge in [0.2, 0.25) is 5.91 Å². The minimum Gasteiger partial charge on any atom is -0.327 e. The molecule has 0 aromatic carbocycles. The summed E-state index contributed by atoms with van der Waals surface area (Å²) in [4.78, 5) is 19.8. The molecule has 0 fully saturated rings. The van der Waals surface area contributed by atoms with Crippen LogP contribution in [0.1, 0.15) is 30.8 Å². The van der Waals surface area contributed by atoms with Gasteiger partial charge in [-0.1, -0.05) is 6.92 Å². The van der Waals surface area contributed by atoms with E-state index in [-0.39, 0.29) is 36.8 Å². The molecule has 0 spiro atoms. The lowest BCUT2D eigenvalue weighted by Gasteiger charge is -2.23. The molecule has 8 heteroatoms. The molecule has 5 nitrogen and oxygen atoms in total. The molecule has 1 aliphatic rings. The largest absolute Gasteiger partial charge is 0.327 e. The SMILES string of the molecule is CCN1CCc2nc(NC(=O)CC(C)N)sc2C1.Cl.Cl.